The summed E-state index contributed by atoms with van der Waals surface area (Å²) in [5, 5.41) is 0. The standard InChI is InChI=1S/C27H22N2O/c1-19-17-21(20(2)28(19)22-11-5-3-6-12-22)18-25-24-15-9-10-16-26(24)29(27(25)30)23-13-7-4-8-14-23/h3-18H,1-2H3/b25-18+. The number of amides is 1. The molecule has 0 N–H and O–H groups in total. The first kappa shape index (κ1) is 18.2. The zero-order valence-electron chi connectivity index (χ0n) is 17.0. The van der Waals surface area contributed by atoms with Gasteiger partial charge in [0.25, 0.3) is 5.91 Å². The number of carbonyl (C=O) groups is 1. The van der Waals surface area contributed by atoms with Crippen molar-refractivity contribution in [2.24, 2.45) is 0 Å². The topological polar surface area (TPSA) is 25.2 Å². The Morgan fingerprint density at radius 1 is 0.733 bits per heavy atom. The normalized spacial score (nSPS) is 14.4. The van der Waals surface area contributed by atoms with Crippen LogP contribution in [-0.4, -0.2) is 10.5 Å². The first-order chi connectivity index (χ1) is 14.6. The molecule has 4 aromatic rings. The van der Waals surface area contributed by atoms with E-state index in [9.17, 15) is 4.79 Å². The highest BCUT2D eigenvalue weighted by molar-refractivity contribution is 6.38. The van der Waals surface area contributed by atoms with E-state index in [1.54, 1.807) is 4.90 Å². The van der Waals surface area contributed by atoms with Crippen molar-refractivity contribution in [1.82, 2.24) is 4.57 Å². The average molecular weight is 390 g/mol. The molecule has 1 aliphatic heterocycles. The molecule has 1 aromatic heterocycles. The average Bonchev–Trinajstić information content (AvgIpc) is 3.22. The molecular formula is C27H22N2O. The highest BCUT2D eigenvalue weighted by Gasteiger charge is 2.33. The minimum absolute atomic E-state index is 0.00640. The molecule has 0 unspecified atom stereocenters. The van der Waals surface area contributed by atoms with Crippen LogP contribution in [0.5, 0.6) is 0 Å². The SMILES string of the molecule is Cc1cc(/C=C2/C(=O)N(c3ccccc3)c3ccccc32)c(C)n1-c1ccccc1. The van der Waals surface area contributed by atoms with Crippen molar-refractivity contribution in [2.45, 2.75) is 13.8 Å². The number of carbonyl (C=O) groups excluding carboxylic acids is 1. The third-order valence-corrected chi connectivity index (χ3v) is 5.67. The van der Waals surface area contributed by atoms with E-state index >= 15 is 0 Å². The van der Waals surface area contributed by atoms with Crippen LogP contribution in [-0.2, 0) is 4.79 Å². The smallest absolute Gasteiger partial charge is 0.263 e. The summed E-state index contributed by atoms with van der Waals surface area (Å²) < 4.78 is 2.23. The maximum Gasteiger partial charge on any atom is 0.263 e. The van der Waals surface area contributed by atoms with Crippen LogP contribution in [0.4, 0.5) is 11.4 Å². The number of aromatic nitrogens is 1. The van der Waals surface area contributed by atoms with Crippen LogP contribution in [0, 0.1) is 13.8 Å². The number of hydrogen-bond donors (Lipinski definition) is 0. The monoisotopic (exact) mass is 390 g/mol. The Balaban J connectivity index is 1.64. The van der Waals surface area contributed by atoms with E-state index in [1.165, 1.54) is 0 Å². The first-order valence-corrected chi connectivity index (χ1v) is 10.1. The van der Waals surface area contributed by atoms with Gasteiger partial charge in [-0.25, -0.2) is 0 Å². The van der Waals surface area contributed by atoms with Crippen LogP contribution in [0.15, 0.2) is 91.0 Å². The van der Waals surface area contributed by atoms with Crippen LogP contribution in [0.3, 0.4) is 0 Å². The Hall–Kier alpha value is -3.85. The van der Waals surface area contributed by atoms with E-state index < -0.39 is 0 Å². The Kier molecular flexibility index (Phi) is 4.36. The lowest BCUT2D eigenvalue weighted by atomic mass is 10.0. The maximum atomic E-state index is 13.5. The van der Waals surface area contributed by atoms with Crippen molar-refractivity contribution in [2.75, 3.05) is 4.90 Å². The number of para-hydroxylation sites is 3. The molecule has 0 saturated carbocycles. The maximum absolute atomic E-state index is 13.5. The lowest BCUT2D eigenvalue weighted by Gasteiger charge is -2.16. The van der Waals surface area contributed by atoms with E-state index in [0.29, 0.717) is 0 Å². The second-order valence-corrected chi connectivity index (χ2v) is 7.55. The van der Waals surface area contributed by atoms with Crippen molar-refractivity contribution in [3.8, 4) is 5.69 Å². The number of fused-ring (bicyclic) bond motifs is 1. The number of benzene rings is 3. The van der Waals surface area contributed by atoms with Crippen LogP contribution in [0.2, 0.25) is 0 Å². The molecule has 0 saturated heterocycles. The number of nitrogens with zero attached hydrogens (tertiary/aromatic N) is 2. The van der Waals surface area contributed by atoms with Crippen molar-refractivity contribution >= 4 is 28.9 Å². The van der Waals surface area contributed by atoms with Gasteiger partial charge in [-0.05, 0) is 61.9 Å². The fraction of sp³-hybridized carbons (Fsp3) is 0.0741. The van der Waals surface area contributed by atoms with E-state index in [0.717, 1.165) is 45.2 Å². The van der Waals surface area contributed by atoms with E-state index in [2.05, 4.69) is 36.6 Å². The summed E-state index contributed by atoms with van der Waals surface area (Å²) in [5.74, 6) is 0.00640. The summed E-state index contributed by atoms with van der Waals surface area (Å²) >= 11 is 0. The molecule has 3 heteroatoms. The lowest BCUT2D eigenvalue weighted by molar-refractivity contribution is -0.112. The van der Waals surface area contributed by atoms with Crippen LogP contribution in [0.1, 0.15) is 22.5 Å². The molecule has 0 fully saturated rings. The summed E-state index contributed by atoms with van der Waals surface area (Å²) in [7, 11) is 0. The van der Waals surface area contributed by atoms with Crippen LogP contribution < -0.4 is 4.90 Å². The van der Waals surface area contributed by atoms with Gasteiger partial charge < -0.3 is 4.57 Å². The van der Waals surface area contributed by atoms with Crippen molar-refractivity contribution in [3.63, 3.8) is 0 Å². The van der Waals surface area contributed by atoms with Gasteiger partial charge in [0, 0.05) is 28.3 Å². The van der Waals surface area contributed by atoms with E-state index in [1.807, 2.05) is 78.9 Å². The van der Waals surface area contributed by atoms with Gasteiger partial charge in [0.05, 0.1) is 11.3 Å². The molecule has 0 atom stereocenters. The number of anilines is 2. The predicted molar refractivity (Wildman–Crippen MR) is 123 cm³/mol. The minimum Gasteiger partial charge on any atom is -0.318 e. The Labute approximate surface area is 176 Å². The van der Waals surface area contributed by atoms with Gasteiger partial charge in [-0.2, -0.15) is 0 Å². The molecule has 2 heterocycles. The molecular weight excluding hydrogens is 368 g/mol. The van der Waals surface area contributed by atoms with Gasteiger partial charge in [-0.15, -0.1) is 0 Å². The molecule has 3 nitrogen and oxygen atoms in total. The molecule has 0 radical (unpaired) electrons. The zero-order valence-corrected chi connectivity index (χ0v) is 17.0. The molecule has 1 aliphatic rings. The van der Waals surface area contributed by atoms with Crippen molar-refractivity contribution < 1.29 is 4.79 Å². The molecule has 30 heavy (non-hydrogen) atoms. The predicted octanol–water partition coefficient (Wildman–Crippen LogP) is 6.31. The molecule has 0 bridgehead atoms. The summed E-state index contributed by atoms with van der Waals surface area (Å²) in [4.78, 5) is 15.3. The third kappa shape index (κ3) is 2.87. The molecule has 1 amide bonds. The van der Waals surface area contributed by atoms with E-state index in [4.69, 9.17) is 0 Å². The number of rotatable bonds is 3. The molecule has 3 aromatic carbocycles. The van der Waals surface area contributed by atoms with Gasteiger partial charge in [0.2, 0.25) is 0 Å². The van der Waals surface area contributed by atoms with Crippen molar-refractivity contribution in [1.29, 1.82) is 0 Å². The number of aryl methyl sites for hydroxylation is 1. The van der Waals surface area contributed by atoms with Gasteiger partial charge in [-0.3, -0.25) is 9.69 Å². The molecule has 0 aliphatic carbocycles. The van der Waals surface area contributed by atoms with Crippen molar-refractivity contribution in [3.05, 3.63) is 114 Å². The summed E-state index contributed by atoms with van der Waals surface area (Å²) in [5.41, 5.74) is 7.95. The summed E-state index contributed by atoms with van der Waals surface area (Å²) in [6, 6.07) is 30.3. The highest BCUT2D eigenvalue weighted by Crippen LogP contribution is 2.42. The highest BCUT2D eigenvalue weighted by atomic mass is 16.2. The third-order valence-electron chi connectivity index (χ3n) is 5.67. The molecule has 146 valence electrons. The fourth-order valence-electron chi connectivity index (χ4n) is 4.28. The van der Waals surface area contributed by atoms with Gasteiger partial charge in [0.15, 0.2) is 0 Å². The Morgan fingerprint density at radius 2 is 1.33 bits per heavy atom. The lowest BCUT2D eigenvalue weighted by Crippen LogP contribution is -2.20. The van der Waals surface area contributed by atoms with Crippen LogP contribution in [0.25, 0.3) is 17.3 Å². The van der Waals surface area contributed by atoms with Gasteiger partial charge in [-0.1, -0.05) is 54.6 Å². The zero-order chi connectivity index (χ0) is 20.7. The number of hydrogen-bond acceptors (Lipinski definition) is 1. The van der Waals surface area contributed by atoms with Gasteiger partial charge >= 0.3 is 0 Å². The second kappa shape index (κ2) is 7.20. The van der Waals surface area contributed by atoms with Gasteiger partial charge in [0.1, 0.15) is 0 Å². The Morgan fingerprint density at radius 3 is 2.03 bits per heavy atom. The summed E-state index contributed by atoms with van der Waals surface area (Å²) in [6.45, 7) is 4.20. The fourth-order valence-corrected chi connectivity index (χ4v) is 4.28. The van der Waals surface area contributed by atoms with Crippen LogP contribution >= 0.6 is 0 Å². The largest absolute Gasteiger partial charge is 0.318 e. The summed E-state index contributed by atoms with van der Waals surface area (Å²) in [6.07, 6.45) is 2.03. The minimum atomic E-state index is 0.00640. The molecule has 5 rings (SSSR count). The first-order valence-electron chi connectivity index (χ1n) is 10.1. The Bertz CT molecular complexity index is 1270. The quantitative estimate of drug-likeness (QED) is 0.376. The molecule has 0 spiro atoms. The van der Waals surface area contributed by atoms with E-state index in [-0.39, 0.29) is 5.91 Å². The second-order valence-electron chi connectivity index (χ2n) is 7.55.